The van der Waals surface area contributed by atoms with E-state index in [9.17, 15) is 23.7 Å². The Morgan fingerprint density at radius 3 is 2.56 bits per heavy atom. The summed E-state index contributed by atoms with van der Waals surface area (Å²) in [5.74, 6) is -0.459. The second-order valence-corrected chi connectivity index (χ2v) is 2.90. The Bertz CT molecular complexity index is 434. The molecule has 0 atom stereocenters. The third-order valence-electron chi connectivity index (χ3n) is 1.89. The molecule has 0 radical (unpaired) electrons. The lowest BCUT2D eigenvalue weighted by atomic mass is 10.1. The standard InChI is InChI=1S/C9H7F2NO4/c1-5-2-3-7(12(14)15)6(4-13)8(5)16-9(10)11/h2-4,9H,1H3. The molecule has 7 heteroatoms. The van der Waals surface area contributed by atoms with Crippen LogP contribution in [-0.4, -0.2) is 17.8 Å². The molecular weight excluding hydrogens is 224 g/mol. The maximum atomic E-state index is 12.0. The van der Waals surface area contributed by atoms with Crippen LogP contribution in [0.2, 0.25) is 0 Å². The minimum absolute atomic E-state index is 0.128. The van der Waals surface area contributed by atoms with Crippen molar-refractivity contribution in [2.45, 2.75) is 13.5 Å². The van der Waals surface area contributed by atoms with Gasteiger partial charge >= 0.3 is 6.61 Å². The molecule has 0 unspecified atom stereocenters. The van der Waals surface area contributed by atoms with E-state index in [1.807, 2.05) is 0 Å². The number of hydrogen-bond donors (Lipinski definition) is 0. The molecule has 0 aliphatic carbocycles. The lowest BCUT2D eigenvalue weighted by Gasteiger charge is -2.09. The number of nitro groups is 1. The van der Waals surface area contributed by atoms with Crippen molar-refractivity contribution in [3.63, 3.8) is 0 Å². The Hall–Kier alpha value is -2.05. The quantitative estimate of drug-likeness (QED) is 0.453. The number of ether oxygens (including phenoxy) is 1. The molecule has 0 spiro atoms. The number of aldehydes is 1. The van der Waals surface area contributed by atoms with Crippen LogP contribution in [-0.2, 0) is 0 Å². The smallest absolute Gasteiger partial charge is 0.387 e. The monoisotopic (exact) mass is 231 g/mol. The summed E-state index contributed by atoms with van der Waals surface area (Å²) in [6, 6.07) is 2.31. The Morgan fingerprint density at radius 1 is 1.50 bits per heavy atom. The summed E-state index contributed by atoms with van der Waals surface area (Å²) in [4.78, 5) is 20.4. The van der Waals surface area contributed by atoms with E-state index >= 15 is 0 Å². The van der Waals surface area contributed by atoms with Gasteiger partial charge in [0, 0.05) is 6.07 Å². The van der Waals surface area contributed by atoms with Crippen LogP contribution in [0.15, 0.2) is 12.1 Å². The zero-order valence-corrected chi connectivity index (χ0v) is 8.15. The lowest BCUT2D eigenvalue weighted by molar-refractivity contribution is -0.385. The van der Waals surface area contributed by atoms with Crippen LogP contribution in [0.4, 0.5) is 14.5 Å². The van der Waals surface area contributed by atoms with Gasteiger partial charge in [0.1, 0.15) is 11.3 Å². The van der Waals surface area contributed by atoms with Crippen LogP contribution >= 0.6 is 0 Å². The Kier molecular flexibility index (Phi) is 3.49. The van der Waals surface area contributed by atoms with Gasteiger partial charge in [-0.3, -0.25) is 14.9 Å². The van der Waals surface area contributed by atoms with Crippen LogP contribution in [0.25, 0.3) is 0 Å². The van der Waals surface area contributed by atoms with Gasteiger partial charge in [-0.15, -0.1) is 0 Å². The van der Waals surface area contributed by atoms with E-state index in [-0.39, 0.29) is 11.8 Å². The van der Waals surface area contributed by atoms with Gasteiger partial charge in [-0.05, 0) is 18.6 Å². The molecule has 0 saturated heterocycles. The molecule has 0 saturated carbocycles. The van der Waals surface area contributed by atoms with Crippen LogP contribution in [0.5, 0.6) is 5.75 Å². The minimum atomic E-state index is -3.14. The maximum Gasteiger partial charge on any atom is 0.387 e. The number of aryl methyl sites for hydroxylation is 1. The van der Waals surface area contributed by atoms with Crippen molar-refractivity contribution in [3.05, 3.63) is 33.4 Å². The Balaban J connectivity index is 3.38. The summed E-state index contributed by atoms with van der Waals surface area (Å²) in [5, 5.41) is 10.5. The largest absolute Gasteiger partial charge is 0.434 e. The number of benzene rings is 1. The molecule has 1 aromatic carbocycles. The van der Waals surface area contributed by atoms with Gasteiger partial charge in [0.05, 0.1) is 4.92 Å². The molecule has 5 nitrogen and oxygen atoms in total. The molecule has 0 heterocycles. The second-order valence-electron chi connectivity index (χ2n) is 2.90. The first-order valence-corrected chi connectivity index (χ1v) is 4.15. The average molecular weight is 231 g/mol. The Labute approximate surface area is 88.8 Å². The van der Waals surface area contributed by atoms with Gasteiger partial charge in [-0.1, -0.05) is 0 Å². The first-order valence-electron chi connectivity index (χ1n) is 4.15. The van der Waals surface area contributed by atoms with Crippen molar-refractivity contribution in [2.24, 2.45) is 0 Å². The number of nitrogens with zero attached hydrogens (tertiary/aromatic N) is 1. The highest BCUT2D eigenvalue weighted by atomic mass is 19.3. The molecule has 86 valence electrons. The van der Waals surface area contributed by atoms with Crippen molar-refractivity contribution in [2.75, 3.05) is 0 Å². The fraction of sp³-hybridized carbons (Fsp3) is 0.222. The fourth-order valence-corrected chi connectivity index (χ4v) is 1.22. The number of carbonyl (C=O) groups excluding carboxylic acids is 1. The third-order valence-corrected chi connectivity index (χ3v) is 1.89. The maximum absolute atomic E-state index is 12.0. The van der Waals surface area contributed by atoms with Crippen LogP contribution in [0.1, 0.15) is 15.9 Å². The summed E-state index contributed by atoms with van der Waals surface area (Å²) >= 11 is 0. The van der Waals surface area contributed by atoms with Crippen molar-refractivity contribution in [3.8, 4) is 5.75 Å². The highest BCUT2D eigenvalue weighted by Gasteiger charge is 2.22. The van der Waals surface area contributed by atoms with Crippen LogP contribution in [0.3, 0.4) is 0 Å². The van der Waals surface area contributed by atoms with Gasteiger partial charge in [0.25, 0.3) is 5.69 Å². The summed E-state index contributed by atoms with van der Waals surface area (Å²) in [7, 11) is 0. The second kappa shape index (κ2) is 4.65. The number of rotatable bonds is 4. The molecule has 0 N–H and O–H groups in total. The molecule has 1 rings (SSSR count). The normalized spacial score (nSPS) is 10.2. The number of carbonyl (C=O) groups is 1. The van der Waals surface area contributed by atoms with Crippen molar-refractivity contribution < 1.29 is 23.2 Å². The molecular formula is C9H7F2NO4. The predicted molar refractivity (Wildman–Crippen MR) is 49.9 cm³/mol. The van der Waals surface area contributed by atoms with Gasteiger partial charge in [0.2, 0.25) is 0 Å². The average Bonchev–Trinajstić information content (AvgIpc) is 2.19. The number of halogens is 2. The molecule has 0 aliphatic heterocycles. The van der Waals surface area contributed by atoms with Gasteiger partial charge in [-0.25, -0.2) is 0 Å². The van der Waals surface area contributed by atoms with Gasteiger partial charge < -0.3 is 4.74 Å². The van der Waals surface area contributed by atoms with Crippen molar-refractivity contribution in [1.82, 2.24) is 0 Å². The SMILES string of the molecule is Cc1ccc([N+](=O)[O-])c(C=O)c1OC(F)F. The number of alkyl halides is 2. The summed E-state index contributed by atoms with van der Waals surface area (Å²) < 4.78 is 28.2. The van der Waals surface area contributed by atoms with E-state index in [0.717, 1.165) is 6.07 Å². The van der Waals surface area contributed by atoms with E-state index in [1.54, 1.807) is 0 Å². The van der Waals surface area contributed by atoms with Crippen LogP contribution < -0.4 is 4.74 Å². The van der Waals surface area contributed by atoms with E-state index < -0.39 is 28.5 Å². The first kappa shape index (κ1) is 12.0. The number of nitro benzene ring substituents is 1. The van der Waals surface area contributed by atoms with Crippen LogP contribution in [0, 0.1) is 17.0 Å². The summed E-state index contributed by atoms with van der Waals surface area (Å²) in [6.45, 7) is -1.73. The van der Waals surface area contributed by atoms with Crippen molar-refractivity contribution in [1.29, 1.82) is 0 Å². The summed E-state index contributed by atoms with van der Waals surface area (Å²) in [5.41, 5.74) is -0.811. The third kappa shape index (κ3) is 2.30. The fourth-order valence-electron chi connectivity index (χ4n) is 1.22. The van der Waals surface area contributed by atoms with E-state index in [4.69, 9.17) is 0 Å². The minimum Gasteiger partial charge on any atom is -0.434 e. The first-order chi connectivity index (χ1) is 7.47. The van der Waals surface area contributed by atoms with Gasteiger partial charge in [-0.2, -0.15) is 8.78 Å². The topological polar surface area (TPSA) is 69.4 Å². The zero-order valence-electron chi connectivity index (χ0n) is 8.15. The molecule has 0 amide bonds. The molecule has 0 aromatic heterocycles. The van der Waals surface area contributed by atoms with E-state index in [1.165, 1.54) is 13.0 Å². The molecule has 0 aliphatic rings. The highest BCUT2D eigenvalue weighted by Crippen LogP contribution is 2.31. The van der Waals surface area contributed by atoms with Gasteiger partial charge in [0.15, 0.2) is 6.29 Å². The molecule has 16 heavy (non-hydrogen) atoms. The zero-order chi connectivity index (χ0) is 12.3. The predicted octanol–water partition coefficient (Wildman–Crippen LogP) is 2.32. The molecule has 0 fully saturated rings. The van der Waals surface area contributed by atoms with E-state index in [0.29, 0.717) is 0 Å². The highest BCUT2D eigenvalue weighted by molar-refractivity contribution is 5.86. The lowest BCUT2D eigenvalue weighted by Crippen LogP contribution is -2.07. The number of hydrogen-bond acceptors (Lipinski definition) is 4. The van der Waals surface area contributed by atoms with E-state index in [2.05, 4.69) is 4.74 Å². The molecule has 0 bridgehead atoms. The summed E-state index contributed by atoms with van der Waals surface area (Å²) in [6.07, 6.45) is 0.128. The Morgan fingerprint density at radius 2 is 2.12 bits per heavy atom. The van der Waals surface area contributed by atoms with Crippen molar-refractivity contribution >= 4 is 12.0 Å². The molecule has 1 aromatic rings.